The average molecular weight is 369 g/mol. The molecule has 2 aromatic rings. The van der Waals surface area contributed by atoms with E-state index in [2.05, 4.69) is 4.40 Å². The van der Waals surface area contributed by atoms with Crippen LogP contribution < -0.4 is 5.73 Å². The van der Waals surface area contributed by atoms with Crippen LogP contribution in [0.5, 0.6) is 0 Å². The Bertz CT molecular complexity index is 848. The van der Waals surface area contributed by atoms with Crippen molar-refractivity contribution in [3.05, 3.63) is 75.1 Å². The first-order valence-corrected chi connectivity index (χ1v) is 8.88. The molecule has 2 N–H and O–H groups in total. The fraction of sp³-hybridized carbons (Fsp3) is 0.0625. The van der Waals surface area contributed by atoms with Crippen molar-refractivity contribution in [3.63, 3.8) is 0 Å². The van der Waals surface area contributed by atoms with Gasteiger partial charge in [-0.3, -0.25) is 0 Å². The van der Waals surface area contributed by atoms with Crippen molar-refractivity contribution in [3.8, 4) is 0 Å². The third kappa shape index (κ3) is 5.71. The summed E-state index contributed by atoms with van der Waals surface area (Å²) in [5.41, 5.74) is 7.19. The predicted octanol–water partition coefficient (Wildman–Crippen LogP) is 3.89. The Hall–Kier alpha value is -1.82. The molecule has 0 unspecified atom stereocenters. The summed E-state index contributed by atoms with van der Waals surface area (Å²) in [6, 6.07) is 14.1. The molecule has 2 aromatic carbocycles. The standard InChI is InChI=1S/C16H14Cl2N2O2S/c17-14-7-6-13(10-15(14)18)8-9-23(21,22)20-16(19)11-12-4-2-1-3-5-12/h1-10H,11H2,(H2,19,20)/b9-8+. The van der Waals surface area contributed by atoms with Gasteiger partial charge in [0.25, 0.3) is 10.0 Å². The molecule has 0 aliphatic heterocycles. The minimum atomic E-state index is -3.82. The summed E-state index contributed by atoms with van der Waals surface area (Å²) in [7, 11) is -3.82. The number of sulfonamides is 1. The molecule has 0 saturated carbocycles. The molecular formula is C16H14Cl2N2O2S. The number of hydrogen-bond donors (Lipinski definition) is 1. The van der Waals surface area contributed by atoms with E-state index in [9.17, 15) is 8.42 Å². The average Bonchev–Trinajstić information content (AvgIpc) is 2.49. The van der Waals surface area contributed by atoms with Gasteiger partial charge in [-0.1, -0.05) is 59.6 Å². The van der Waals surface area contributed by atoms with Crippen LogP contribution in [-0.4, -0.2) is 14.3 Å². The smallest absolute Gasteiger partial charge is 0.277 e. The van der Waals surface area contributed by atoms with Gasteiger partial charge in [-0.05, 0) is 29.3 Å². The van der Waals surface area contributed by atoms with E-state index < -0.39 is 10.0 Å². The van der Waals surface area contributed by atoms with E-state index in [1.54, 1.807) is 18.2 Å². The minimum absolute atomic E-state index is 0.0231. The molecule has 0 radical (unpaired) electrons. The summed E-state index contributed by atoms with van der Waals surface area (Å²) in [4.78, 5) is 0. The Labute approximate surface area is 145 Å². The first kappa shape index (κ1) is 17.5. The van der Waals surface area contributed by atoms with Gasteiger partial charge in [0.15, 0.2) is 0 Å². The lowest BCUT2D eigenvalue weighted by atomic mass is 10.1. The molecule has 0 spiro atoms. The maximum Gasteiger partial charge on any atom is 0.277 e. The molecule has 0 atom stereocenters. The van der Waals surface area contributed by atoms with Crippen molar-refractivity contribution in [2.24, 2.45) is 10.1 Å². The maximum absolute atomic E-state index is 11.9. The molecule has 7 heteroatoms. The van der Waals surface area contributed by atoms with Crippen molar-refractivity contribution in [2.75, 3.05) is 0 Å². The van der Waals surface area contributed by atoms with Gasteiger partial charge < -0.3 is 5.73 Å². The Morgan fingerprint density at radius 2 is 1.78 bits per heavy atom. The van der Waals surface area contributed by atoms with E-state index in [0.29, 0.717) is 15.6 Å². The van der Waals surface area contributed by atoms with Crippen LogP contribution in [0.2, 0.25) is 10.0 Å². The van der Waals surface area contributed by atoms with Gasteiger partial charge >= 0.3 is 0 Å². The molecule has 120 valence electrons. The van der Waals surface area contributed by atoms with E-state index in [-0.39, 0.29) is 12.3 Å². The van der Waals surface area contributed by atoms with Crippen LogP contribution in [0.15, 0.2) is 58.3 Å². The number of halogens is 2. The van der Waals surface area contributed by atoms with Gasteiger partial charge in [-0.15, -0.1) is 4.40 Å². The normalized spacial score (nSPS) is 12.7. The minimum Gasteiger partial charge on any atom is -0.386 e. The number of hydrogen-bond acceptors (Lipinski definition) is 2. The Morgan fingerprint density at radius 3 is 2.43 bits per heavy atom. The van der Waals surface area contributed by atoms with E-state index in [4.69, 9.17) is 28.9 Å². The van der Waals surface area contributed by atoms with Gasteiger partial charge in [0, 0.05) is 6.42 Å². The second-order valence-electron chi connectivity index (χ2n) is 4.74. The third-order valence-electron chi connectivity index (χ3n) is 2.85. The van der Waals surface area contributed by atoms with Crippen LogP contribution in [0.1, 0.15) is 11.1 Å². The number of nitrogens with zero attached hydrogens (tertiary/aromatic N) is 1. The molecule has 0 heterocycles. The molecule has 0 bridgehead atoms. The van der Waals surface area contributed by atoms with Crippen molar-refractivity contribution < 1.29 is 8.42 Å². The van der Waals surface area contributed by atoms with Crippen LogP contribution in [-0.2, 0) is 16.4 Å². The SMILES string of the molecule is NC(Cc1ccccc1)=NS(=O)(=O)/C=C/c1ccc(Cl)c(Cl)c1. The second-order valence-corrected chi connectivity index (χ2v) is 7.04. The Kier molecular flexibility index (Phi) is 5.82. The molecule has 2 rings (SSSR count). The van der Waals surface area contributed by atoms with Gasteiger partial charge in [-0.25, -0.2) is 0 Å². The molecule has 4 nitrogen and oxygen atoms in total. The van der Waals surface area contributed by atoms with Crippen LogP contribution in [0.25, 0.3) is 6.08 Å². The van der Waals surface area contributed by atoms with E-state index in [1.807, 2.05) is 30.3 Å². The highest BCUT2D eigenvalue weighted by atomic mass is 35.5. The monoisotopic (exact) mass is 368 g/mol. The van der Waals surface area contributed by atoms with Gasteiger partial charge in [0.05, 0.1) is 15.5 Å². The molecule has 0 amide bonds. The van der Waals surface area contributed by atoms with E-state index in [0.717, 1.165) is 11.0 Å². The number of benzene rings is 2. The van der Waals surface area contributed by atoms with Crippen molar-refractivity contribution >= 4 is 45.1 Å². The highest BCUT2D eigenvalue weighted by Gasteiger charge is 2.06. The quantitative estimate of drug-likeness (QED) is 0.642. The molecule has 0 fully saturated rings. The van der Waals surface area contributed by atoms with Crippen LogP contribution in [0.3, 0.4) is 0 Å². The fourth-order valence-electron chi connectivity index (χ4n) is 1.81. The van der Waals surface area contributed by atoms with Crippen LogP contribution >= 0.6 is 23.2 Å². The lowest BCUT2D eigenvalue weighted by Gasteiger charge is -2.00. The lowest BCUT2D eigenvalue weighted by Crippen LogP contribution is -2.16. The molecule has 0 saturated heterocycles. The summed E-state index contributed by atoms with van der Waals surface area (Å²) in [5, 5.41) is 1.72. The summed E-state index contributed by atoms with van der Waals surface area (Å²) in [6.07, 6.45) is 1.65. The van der Waals surface area contributed by atoms with Gasteiger partial charge in [-0.2, -0.15) is 8.42 Å². The summed E-state index contributed by atoms with van der Waals surface area (Å²) >= 11 is 11.7. The second kappa shape index (κ2) is 7.64. The summed E-state index contributed by atoms with van der Waals surface area (Å²) in [5.74, 6) is 0.0231. The Balaban J connectivity index is 2.13. The zero-order valence-electron chi connectivity index (χ0n) is 12.0. The summed E-state index contributed by atoms with van der Waals surface area (Å²) < 4.78 is 27.5. The fourth-order valence-corrected chi connectivity index (χ4v) is 2.90. The first-order valence-electron chi connectivity index (χ1n) is 6.62. The topological polar surface area (TPSA) is 72.5 Å². The highest BCUT2D eigenvalue weighted by molar-refractivity contribution is 7.93. The van der Waals surface area contributed by atoms with Gasteiger partial charge in [0.1, 0.15) is 5.84 Å². The largest absolute Gasteiger partial charge is 0.386 e. The van der Waals surface area contributed by atoms with Gasteiger partial charge in [0.2, 0.25) is 0 Å². The molecule has 23 heavy (non-hydrogen) atoms. The number of amidine groups is 1. The van der Waals surface area contributed by atoms with Crippen molar-refractivity contribution in [1.29, 1.82) is 0 Å². The zero-order valence-corrected chi connectivity index (χ0v) is 14.3. The molecule has 0 aliphatic rings. The molecular weight excluding hydrogens is 355 g/mol. The number of rotatable bonds is 5. The highest BCUT2D eigenvalue weighted by Crippen LogP contribution is 2.23. The third-order valence-corrected chi connectivity index (χ3v) is 4.56. The Morgan fingerprint density at radius 1 is 1.09 bits per heavy atom. The van der Waals surface area contributed by atoms with Crippen molar-refractivity contribution in [2.45, 2.75) is 6.42 Å². The summed E-state index contributed by atoms with van der Waals surface area (Å²) in [6.45, 7) is 0. The van der Waals surface area contributed by atoms with Crippen LogP contribution in [0.4, 0.5) is 0 Å². The van der Waals surface area contributed by atoms with Crippen LogP contribution in [0, 0.1) is 0 Å². The van der Waals surface area contributed by atoms with E-state index >= 15 is 0 Å². The predicted molar refractivity (Wildman–Crippen MR) is 96.2 cm³/mol. The lowest BCUT2D eigenvalue weighted by molar-refractivity contribution is 0.606. The van der Waals surface area contributed by atoms with Crippen molar-refractivity contribution in [1.82, 2.24) is 0 Å². The molecule has 0 aromatic heterocycles. The maximum atomic E-state index is 11.9. The first-order chi connectivity index (χ1) is 10.9. The van der Waals surface area contributed by atoms with E-state index in [1.165, 1.54) is 6.08 Å². The molecule has 0 aliphatic carbocycles. The number of nitrogens with two attached hydrogens (primary N) is 1. The zero-order chi connectivity index (χ0) is 16.9.